The first kappa shape index (κ1) is 27.5. The van der Waals surface area contributed by atoms with E-state index in [9.17, 15) is 9.59 Å². The molecule has 206 valence electrons. The second kappa shape index (κ2) is 10.8. The molecule has 5 rings (SSSR count). The zero-order chi connectivity index (χ0) is 27.9. The maximum absolute atomic E-state index is 13.9. The summed E-state index contributed by atoms with van der Waals surface area (Å²) >= 11 is 1.62. The van der Waals surface area contributed by atoms with Gasteiger partial charge in [0.1, 0.15) is 12.4 Å². The van der Waals surface area contributed by atoms with Crippen molar-refractivity contribution in [2.24, 2.45) is 0 Å². The van der Waals surface area contributed by atoms with Crippen molar-refractivity contribution >= 4 is 29.4 Å². The van der Waals surface area contributed by atoms with Crippen molar-refractivity contribution in [3.8, 4) is 5.69 Å². The van der Waals surface area contributed by atoms with E-state index in [1.54, 1.807) is 21.6 Å². The van der Waals surface area contributed by atoms with Crippen molar-refractivity contribution in [2.75, 3.05) is 43.5 Å². The Balaban J connectivity index is 1.76. The van der Waals surface area contributed by atoms with Crippen molar-refractivity contribution in [3.05, 3.63) is 76.0 Å². The predicted octanol–water partition coefficient (Wildman–Crippen LogP) is 5.12. The van der Waals surface area contributed by atoms with Crippen LogP contribution in [0.1, 0.15) is 59.5 Å². The summed E-state index contributed by atoms with van der Waals surface area (Å²) in [6.07, 6.45) is 0. The second-order valence-corrected chi connectivity index (χ2v) is 12.7. The van der Waals surface area contributed by atoms with E-state index in [1.165, 1.54) is 11.1 Å². The average Bonchev–Trinajstić information content (AvgIpc) is 3.23. The largest absolute Gasteiger partial charge is 0.378 e. The molecule has 1 saturated heterocycles. The Labute approximate surface area is 235 Å². The third-order valence-electron chi connectivity index (χ3n) is 7.51. The number of nitrogens with zero attached hydrogens (tertiary/aromatic N) is 4. The number of hydrogen-bond acceptors (Lipinski definition) is 5. The summed E-state index contributed by atoms with van der Waals surface area (Å²) in [5.41, 5.74) is 7.15. The number of thioether (sulfide) groups is 1. The van der Waals surface area contributed by atoms with Gasteiger partial charge >= 0.3 is 0 Å². The van der Waals surface area contributed by atoms with E-state index in [1.807, 2.05) is 10.7 Å². The number of benzene rings is 2. The minimum absolute atomic E-state index is 0.0208. The van der Waals surface area contributed by atoms with E-state index in [2.05, 4.69) is 77.9 Å². The third-order valence-corrected chi connectivity index (χ3v) is 8.74. The molecule has 1 unspecified atom stereocenters. The summed E-state index contributed by atoms with van der Waals surface area (Å²) in [4.78, 5) is 30.9. The Morgan fingerprint density at radius 2 is 1.77 bits per heavy atom. The van der Waals surface area contributed by atoms with Gasteiger partial charge in [0.15, 0.2) is 0 Å². The van der Waals surface area contributed by atoms with Gasteiger partial charge in [0.05, 0.1) is 35.6 Å². The summed E-state index contributed by atoms with van der Waals surface area (Å²) in [6.45, 7) is 14.9. The number of carbonyl (C=O) groups is 2. The van der Waals surface area contributed by atoms with Crippen LogP contribution >= 0.6 is 11.8 Å². The van der Waals surface area contributed by atoms with Crippen molar-refractivity contribution < 1.29 is 14.3 Å². The molecule has 0 radical (unpaired) electrons. The molecule has 2 aliphatic rings. The fourth-order valence-electron chi connectivity index (χ4n) is 5.46. The highest BCUT2D eigenvalue weighted by atomic mass is 32.2. The van der Waals surface area contributed by atoms with Crippen molar-refractivity contribution in [1.82, 2.24) is 14.7 Å². The maximum Gasteiger partial charge on any atom is 0.242 e. The molecular formula is C31H38N4O3S. The van der Waals surface area contributed by atoms with E-state index < -0.39 is 0 Å². The van der Waals surface area contributed by atoms with Crippen LogP contribution in [0.2, 0.25) is 0 Å². The molecule has 7 nitrogen and oxygen atoms in total. The van der Waals surface area contributed by atoms with Crippen LogP contribution in [-0.2, 0) is 19.7 Å². The standard InChI is InChI=1S/C31H38N4O3S/c1-20-11-12-24(22(3)17-20)35-30-27(29(32-35)31(4,5)6)28(23-10-8-7-9-21(23)2)39-19-26(37)34(30)18-25(36)33-13-15-38-16-14-33/h7-12,17,28H,13-16,18-19H2,1-6H3. The molecule has 1 aromatic heterocycles. The summed E-state index contributed by atoms with van der Waals surface area (Å²) in [6, 6.07) is 14.6. The highest BCUT2D eigenvalue weighted by Crippen LogP contribution is 2.49. The SMILES string of the molecule is Cc1ccc(-n2nc(C(C)(C)C)c3c2N(CC(=O)N2CCOCC2)C(=O)CSC3c2ccccc2C)c(C)c1. The fraction of sp³-hybridized carbons (Fsp3) is 0.452. The van der Waals surface area contributed by atoms with Crippen LogP contribution in [0.25, 0.3) is 5.69 Å². The van der Waals surface area contributed by atoms with Gasteiger partial charge in [-0.1, -0.05) is 62.7 Å². The quantitative estimate of drug-likeness (QED) is 0.454. The molecule has 0 N–H and O–H groups in total. The lowest BCUT2D eigenvalue weighted by Gasteiger charge is -2.30. The molecule has 0 saturated carbocycles. The Morgan fingerprint density at radius 1 is 1.05 bits per heavy atom. The number of ether oxygens (including phenoxy) is 1. The van der Waals surface area contributed by atoms with E-state index in [0.717, 1.165) is 28.1 Å². The molecule has 0 bridgehead atoms. The minimum Gasteiger partial charge on any atom is -0.378 e. The predicted molar refractivity (Wildman–Crippen MR) is 157 cm³/mol. The number of morpholine rings is 1. The highest BCUT2D eigenvalue weighted by molar-refractivity contribution is 8.00. The van der Waals surface area contributed by atoms with Gasteiger partial charge in [0.25, 0.3) is 0 Å². The van der Waals surface area contributed by atoms with Gasteiger partial charge in [-0.15, -0.1) is 11.8 Å². The first-order valence-corrected chi connectivity index (χ1v) is 14.6. The Bertz CT molecular complexity index is 1400. The van der Waals surface area contributed by atoms with Crippen LogP contribution < -0.4 is 4.90 Å². The number of hydrogen-bond donors (Lipinski definition) is 0. The van der Waals surface area contributed by atoms with Gasteiger partial charge in [-0.3, -0.25) is 14.5 Å². The number of aromatic nitrogens is 2. The Kier molecular flexibility index (Phi) is 7.62. The van der Waals surface area contributed by atoms with Crippen LogP contribution in [0.3, 0.4) is 0 Å². The molecular weight excluding hydrogens is 508 g/mol. The van der Waals surface area contributed by atoms with Gasteiger partial charge in [0, 0.05) is 24.1 Å². The van der Waals surface area contributed by atoms with Gasteiger partial charge in [-0.25, -0.2) is 4.68 Å². The first-order valence-electron chi connectivity index (χ1n) is 13.6. The molecule has 2 amide bonds. The molecule has 1 atom stereocenters. The fourth-order valence-corrected chi connectivity index (χ4v) is 6.75. The number of aryl methyl sites for hydroxylation is 3. The van der Waals surface area contributed by atoms with E-state index >= 15 is 0 Å². The molecule has 39 heavy (non-hydrogen) atoms. The van der Waals surface area contributed by atoms with Gasteiger partial charge < -0.3 is 9.64 Å². The Morgan fingerprint density at radius 3 is 2.44 bits per heavy atom. The van der Waals surface area contributed by atoms with Gasteiger partial charge in [-0.2, -0.15) is 5.10 Å². The molecule has 2 aromatic carbocycles. The molecule has 0 aliphatic carbocycles. The zero-order valence-electron chi connectivity index (χ0n) is 23.8. The van der Waals surface area contributed by atoms with Crippen molar-refractivity contribution in [1.29, 1.82) is 0 Å². The van der Waals surface area contributed by atoms with Crippen molar-refractivity contribution in [3.63, 3.8) is 0 Å². The first-order chi connectivity index (χ1) is 18.6. The zero-order valence-corrected chi connectivity index (χ0v) is 24.6. The molecule has 1 fully saturated rings. The van der Waals surface area contributed by atoms with Crippen LogP contribution in [0.5, 0.6) is 0 Å². The van der Waals surface area contributed by atoms with Crippen LogP contribution in [-0.4, -0.2) is 65.1 Å². The number of rotatable bonds is 4. The smallest absolute Gasteiger partial charge is 0.242 e. The topological polar surface area (TPSA) is 67.7 Å². The Hall–Kier alpha value is -3.10. The molecule has 2 aliphatic heterocycles. The van der Waals surface area contributed by atoms with E-state index in [4.69, 9.17) is 9.84 Å². The molecule has 0 spiro atoms. The van der Waals surface area contributed by atoms with E-state index in [0.29, 0.717) is 32.1 Å². The summed E-state index contributed by atoms with van der Waals surface area (Å²) in [5, 5.41) is 5.14. The minimum atomic E-state index is -0.289. The van der Waals surface area contributed by atoms with Gasteiger partial charge in [-0.05, 0) is 43.5 Å². The normalized spacial score (nSPS) is 18.2. The summed E-state index contributed by atoms with van der Waals surface area (Å²) in [5.74, 6) is 0.838. The van der Waals surface area contributed by atoms with E-state index in [-0.39, 0.29) is 34.8 Å². The lowest BCUT2D eigenvalue weighted by atomic mass is 9.86. The molecule has 3 aromatic rings. The average molecular weight is 547 g/mol. The third kappa shape index (κ3) is 5.37. The lowest BCUT2D eigenvalue weighted by molar-refractivity contribution is -0.134. The van der Waals surface area contributed by atoms with Crippen LogP contribution in [0.15, 0.2) is 42.5 Å². The second-order valence-electron chi connectivity index (χ2n) is 11.6. The molecule has 8 heteroatoms. The number of amides is 2. The summed E-state index contributed by atoms with van der Waals surface area (Å²) in [7, 11) is 0. The summed E-state index contributed by atoms with van der Waals surface area (Å²) < 4.78 is 7.38. The van der Waals surface area contributed by atoms with Gasteiger partial charge in [0.2, 0.25) is 11.8 Å². The lowest BCUT2D eigenvalue weighted by Crippen LogP contribution is -2.48. The van der Waals surface area contributed by atoms with Crippen LogP contribution in [0.4, 0.5) is 5.82 Å². The molecule has 3 heterocycles. The number of fused-ring (bicyclic) bond motifs is 1. The highest BCUT2D eigenvalue weighted by Gasteiger charge is 2.40. The monoisotopic (exact) mass is 546 g/mol. The number of anilines is 1. The maximum atomic E-state index is 13.9. The van der Waals surface area contributed by atoms with Crippen molar-refractivity contribution in [2.45, 2.75) is 52.2 Å². The number of carbonyl (C=O) groups excluding carboxylic acids is 2. The van der Waals surface area contributed by atoms with Crippen LogP contribution in [0, 0.1) is 20.8 Å².